The van der Waals surface area contributed by atoms with Gasteiger partial charge in [0.1, 0.15) is 5.75 Å². The Bertz CT molecular complexity index is 1330. The number of methoxy groups -OCH3 is 2. The average Bonchev–Trinajstić information content (AvgIpc) is 3.38. The minimum Gasteiger partial charge on any atom is -0.494 e. The van der Waals surface area contributed by atoms with Gasteiger partial charge < -0.3 is 24.3 Å². The Kier molecular flexibility index (Phi) is 7.72. The van der Waals surface area contributed by atoms with Gasteiger partial charge in [0, 0.05) is 36.6 Å². The second-order valence-electron chi connectivity index (χ2n) is 8.77. The van der Waals surface area contributed by atoms with Gasteiger partial charge >= 0.3 is 5.97 Å². The van der Waals surface area contributed by atoms with Crippen molar-refractivity contribution < 1.29 is 19.2 Å². The Labute approximate surface area is 220 Å². The first-order chi connectivity index (χ1) is 17.8. The highest BCUT2D eigenvalue weighted by Crippen LogP contribution is 2.42. The number of ether oxygens (including phenoxy) is 2. The smallest absolute Gasteiger partial charge is 0.305 e. The summed E-state index contributed by atoms with van der Waals surface area (Å²) in [5.74, 6) is 0.137. The van der Waals surface area contributed by atoms with Crippen LogP contribution in [0.4, 0.5) is 5.69 Å². The third-order valence-electron chi connectivity index (χ3n) is 6.61. The predicted octanol–water partition coefficient (Wildman–Crippen LogP) is 4.33. The van der Waals surface area contributed by atoms with E-state index in [-0.39, 0.29) is 30.2 Å². The van der Waals surface area contributed by atoms with Crippen LogP contribution in [0.5, 0.6) is 5.75 Å². The Balaban J connectivity index is 1.79. The maximum atomic E-state index is 11.7. The number of benzene rings is 1. The molecule has 3 aromatic rings. The van der Waals surface area contributed by atoms with Crippen molar-refractivity contribution in [3.63, 3.8) is 0 Å². The number of esters is 1. The van der Waals surface area contributed by atoms with E-state index in [0.29, 0.717) is 29.5 Å². The maximum Gasteiger partial charge on any atom is 0.305 e. The number of carbonyl (C=O) groups is 1. The van der Waals surface area contributed by atoms with Gasteiger partial charge in [-0.15, -0.1) is 0 Å². The van der Waals surface area contributed by atoms with E-state index >= 15 is 0 Å². The van der Waals surface area contributed by atoms with E-state index in [2.05, 4.69) is 21.3 Å². The molecule has 1 saturated heterocycles. The molecule has 0 saturated carbocycles. The number of pyridine rings is 1. The standard InChI is InChI=1S/C26H29N5O5S/c1-16-14-19(17(2)30(16)21-11-10-18(31(33)34)15-22(21)35-3)25-24(20-8-5-6-12-27-20)28-26(37)29(25)13-7-9-23(32)36-4/h5-6,8,10-12,14-15,24-25H,7,9,13H2,1-4H3,(H,28,37)/t24-,25-/m0/s1. The minimum absolute atomic E-state index is 0.0411. The summed E-state index contributed by atoms with van der Waals surface area (Å²) in [5, 5.41) is 15.3. The molecule has 0 unspecified atom stereocenters. The summed E-state index contributed by atoms with van der Waals surface area (Å²) in [6.07, 6.45) is 2.62. The zero-order valence-electron chi connectivity index (χ0n) is 21.1. The van der Waals surface area contributed by atoms with E-state index in [4.69, 9.17) is 21.7 Å². The van der Waals surface area contributed by atoms with Gasteiger partial charge in [-0.25, -0.2) is 0 Å². The first-order valence-corrected chi connectivity index (χ1v) is 12.2. The van der Waals surface area contributed by atoms with E-state index in [1.807, 2.05) is 36.6 Å². The number of nitro groups is 1. The molecule has 0 bridgehead atoms. The largest absolute Gasteiger partial charge is 0.494 e. The van der Waals surface area contributed by atoms with E-state index in [1.165, 1.54) is 26.4 Å². The van der Waals surface area contributed by atoms with Gasteiger partial charge in [-0.2, -0.15) is 0 Å². The quantitative estimate of drug-likeness (QED) is 0.190. The second-order valence-corrected chi connectivity index (χ2v) is 9.16. The third-order valence-corrected chi connectivity index (χ3v) is 6.96. The molecule has 0 aliphatic carbocycles. The lowest BCUT2D eigenvalue weighted by Crippen LogP contribution is -2.31. The summed E-state index contributed by atoms with van der Waals surface area (Å²) in [6.45, 7) is 4.54. The first kappa shape index (κ1) is 26.1. The summed E-state index contributed by atoms with van der Waals surface area (Å²) in [5.41, 5.74) is 4.42. The predicted molar refractivity (Wildman–Crippen MR) is 142 cm³/mol. The highest BCUT2D eigenvalue weighted by Gasteiger charge is 2.41. The van der Waals surface area contributed by atoms with Crippen molar-refractivity contribution in [3.8, 4) is 11.4 Å². The molecule has 0 amide bonds. The van der Waals surface area contributed by atoms with Crippen LogP contribution in [0.25, 0.3) is 5.69 Å². The number of carbonyl (C=O) groups excluding carboxylic acids is 1. The average molecular weight is 524 g/mol. The zero-order chi connectivity index (χ0) is 26.7. The fourth-order valence-electron chi connectivity index (χ4n) is 4.90. The van der Waals surface area contributed by atoms with Crippen molar-refractivity contribution in [1.82, 2.24) is 19.8 Å². The van der Waals surface area contributed by atoms with E-state index in [9.17, 15) is 14.9 Å². The molecular weight excluding hydrogens is 494 g/mol. The van der Waals surface area contributed by atoms with Crippen molar-refractivity contribution in [3.05, 3.63) is 81.4 Å². The van der Waals surface area contributed by atoms with E-state index in [1.54, 1.807) is 12.3 Å². The Morgan fingerprint density at radius 3 is 2.65 bits per heavy atom. The van der Waals surface area contributed by atoms with Gasteiger partial charge in [0.25, 0.3) is 5.69 Å². The Morgan fingerprint density at radius 1 is 1.22 bits per heavy atom. The van der Waals surface area contributed by atoms with Crippen LogP contribution >= 0.6 is 12.2 Å². The number of hydrogen-bond donors (Lipinski definition) is 1. The van der Waals surface area contributed by atoms with Crippen molar-refractivity contribution in [1.29, 1.82) is 0 Å². The molecule has 1 N–H and O–H groups in total. The fourth-order valence-corrected chi connectivity index (χ4v) is 5.23. The SMILES string of the molecule is COC(=O)CCCN1C(=S)N[C@@H](c2ccccn2)[C@@H]1c1cc(C)n(-c2ccc([N+](=O)[O-])cc2OC)c1C. The lowest BCUT2D eigenvalue weighted by molar-refractivity contribution is -0.384. The van der Waals surface area contributed by atoms with Gasteiger partial charge in [0.2, 0.25) is 0 Å². The Morgan fingerprint density at radius 2 is 2.00 bits per heavy atom. The lowest BCUT2D eigenvalue weighted by Gasteiger charge is -2.28. The molecule has 2 aromatic heterocycles. The van der Waals surface area contributed by atoms with Crippen LogP contribution in [0.2, 0.25) is 0 Å². The van der Waals surface area contributed by atoms with E-state index in [0.717, 1.165) is 22.6 Å². The van der Waals surface area contributed by atoms with Crippen LogP contribution in [0.1, 0.15) is 47.6 Å². The molecule has 2 atom stereocenters. The topological polar surface area (TPSA) is 112 Å². The number of aromatic nitrogens is 2. The monoisotopic (exact) mass is 523 g/mol. The molecule has 1 fully saturated rings. The minimum atomic E-state index is -0.443. The molecule has 11 heteroatoms. The highest BCUT2D eigenvalue weighted by atomic mass is 32.1. The summed E-state index contributed by atoms with van der Waals surface area (Å²) < 4.78 is 12.4. The van der Waals surface area contributed by atoms with E-state index < -0.39 is 4.92 Å². The number of hydrogen-bond acceptors (Lipinski definition) is 7. The van der Waals surface area contributed by atoms with Gasteiger partial charge in [0.15, 0.2) is 5.11 Å². The fraction of sp³-hybridized carbons (Fsp3) is 0.346. The summed E-state index contributed by atoms with van der Waals surface area (Å²) in [4.78, 5) is 29.3. The number of thiocarbonyl (C=S) groups is 1. The van der Waals surface area contributed by atoms with Crippen molar-refractivity contribution >= 4 is 29.0 Å². The molecule has 0 radical (unpaired) electrons. The number of nitro benzene ring substituents is 1. The number of non-ortho nitro benzene ring substituents is 1. The molecule has 1 aliphatic heterocycles. The number of nitrogens with one attached hydrogen (secondary N) is 1. The van der Waals surface area contributed by atoms with Crippen molar-refractivity contribution in [2.45, 2.75) is 38.8 Å². The second kappa shape index (κ2) is 11.0. The van der Waals surface area contributed by atoms with Gasteiger partial charge in [-0.05, 0) is 62.3 Å². The Hall–Kier alpha value is -3.99. The lowest BCUT2D eigenvalue weighted by atomic mass is 9.96. The molecule has 0 spiro atoms. The molecule has 194 valence electrons. The van der Waals surface area contributed by atoms with Crippen LogP contribution < -0.4 is 10.1 Å². The number of nitrogens with zero attached hydrogens (tertiary/aromatic N) is 4. The summed E-state index contributed by atoms with van der Waals surface area (Å²) >= 11 is 5.74. The molecule has 1 aromatic carbocycles. The zero-order valence-corrected chi connectivity index (χ0v) is 21.9. The van der Waals surface area contributed by atoms with Crippen LogP contribution in [0.3, 0.4) is 0 Å². The molecule has 10 nitrogen and oxygen atoms in total. The van der Waals surface area contributed by atoms with Crippen molar-refractivity contribution in [2.24, 2.45) is 0 Å². The summed E-state index contributed by atoms with van der Waals surface area (Å²) in [7, 11) is 2.88. The molecule has 37 heavy (non-hydrogen) atoms. The maximum absolute atomic E-state index is 11.7. The van der Waals surface area contributed by atoms with Crippen LogP contribution in [-0.2, 0) is 9.53 Å². The van der Waals surface area contributed by atoms with Gasteiger partial charge in [-0.3, -0.25) is 19.9 Å². The van der Waals surface area contributed by atoms with Crippen LogP contribution in [-0.4, -0.2) is 51.2 Å². The van der Waals surface area contributed by atoms with Crippen LogP contribution in [0.15, 0.2) is 48.7 Å². The normalized spacial score (nSPS) is 17.0. The molecular formula is C26H29N5O5S. The summed E-state index contributed by atoms with van der Waals surface area (Å²) in [6, 6.07) is 12.1. The third kappa shape index (κ3) is 5.12. The van der Waals surface area contributed by atoms with Crippen LogP contribution in [0, 0.1) is 24.0 Å². The van der Waals surface area contributed by atoms with Gasteiger partial charge in [-0.1, -0.05) is 6.07 Å². The highest BCUT2D eigenvalue weighted by molar-refractivity contribution is 7.80. The molecule has 1 aliphatic rings. The number of rotatable bonds is 9. The first-order valence-electron chi connectivity index (χ1n) is 11.8. The van der Waals surface area contributed by atoms with Crippen molar-refractivity contribution in [2.75, 3.05) is 20.8 Å². The molecule has 3 heterocycles. The van der Waals surface area contributed by atoms with Gasteiger partial charge in [0.05, 0.1) is 48.7 Å². The number of aryl methyl sites for hydroxylation is 1. The molecule has 4 rings (SSSR count).